The first-order chi connectivity index (χ1) is 13.1. The van der Waals surface area contributed by atoms with E-state index in [1.54, 1.807) is 48.5 Å². The Bertz CT molecular complexity index is 903. The Kier molecular flexibility index (Phi) is 5.84. The maximum absolute atomic E-state index is 12.1. The number of anilines is 1. The number of esters is 1. The van der Waals surface area contributed by atoms with Gasteiger partial charge in [0.2, 0.25) is 5.91 Å². The lowest BCUT2D eigenvalue weighted by molar-refractivity contribution is -0.115. The summed E-state index contributed by atoms with van der Waals surface area (Å²) in [4.78, 5) is 23.5. The molecule has 0 unspecified atom stereocenters. The molecule has 5 heteroatoms. The fraction of sp³-hybridized carbons (Fsp3) is 0.0909. The topological polar surface area (TPSA) is 64.6 Å². The number of amides is 1. The largest absolute Gasteiger partial charge is 0.465 e. The van der Waals surface area contributed by atoms with Gasteiger partial charge in [0.15, 0.2) is 0 Å². The van der Waals surface area contributed by atoms with Gasteiger partial charge in [0.05, 0.1) is 19.1 Å². The fourth-order valence-corrected chi connectivity index (χ4v) is 2.51. The molecule has 0 fully saturated rings. The SMILES string of the molecule is COC(=O)c1ccc(Oc2ccc(NC(=O)Cc3ccccc3)cc2)cc1. The molecule has 1 amide bonds. The summed E-state index contributed by atoms with van der Waals surface area (Å²) >= 11 is 0. The smallest absolute Gasteiger partial charge is 0.337 e. The van der Waals surface area contributed by atoms with Crippen molar-refractivity contribution < 1.29 is 19.1 Å². The number of rotatable bonds is 6. The molecular formula is C22H19NO4. The predicted octanol–water partition coefficient (Wildman–Crippen LogP) is 4.45. The monoisotopic (exact) mass is 361 g/mol. The van der Waals surface area contributed by atoms with Crippen LogP contribution in [0.25, 0.3) is 0 Å². The van der Waals surface area contributed by atoms with E-state index in [0.717, 1.165) is 5.56 Å². The summed E-state index contributed by atoms with van der Waals surface area (Å²) in [7, 11) is 1.34. The highest BCUT2D eigenvalue weighted by Crippen LogP contribution is 2.23. The minimum Gasteiger partial charge on any atom is -0.465 e. The van der Waals surface area contributed by atoms with Gasteiger partial charge >= 0.3 is 5.97 Å². The van der Waals surface area contributed by atoms with Crippen molar-refractivity contribution in [3.8, 4) is 11.5 Å². The second-order valence-electron chi connectivity index (χ2n) is 5.85. The van der Waals surface area contributed by atoms with Crippen molar-refractivity contribution in [2.45, 2.75) is 6.42 Å². The van der Waals surface area contributed by atoms with E-state index in [9.17, 15) is 9.59 Å². The number of nitrogens with one attached hydrogen (secondary N) is 1. The first-order valence-corrected chi connectivity index (χ1v) is 8.44. The summed E-state index contributed by atoms with van der Waals surface area (Å²) in [5, 5.41) is 2.86. The van der Waals surface area contributed by atoms with E-state index >= 15 is 0 Å². The molecule has 3 aromatic rings. The highest BCUT2D eigenvalue weighted by Gasteiger charge is 2.06. The number of methoxy groups -OCH3 is 1. The van der Waals surface area contributed by atoms with Gasteiger partial charge in [-0.05, 0) is 54.1 Å². The number of hydrogen-bond acceptors (Lipinski definition) is 4. The molecule has 3 rings (SSSR count). The third kappa shape index (κ3) is 5.19. The Morgan fingerprint density at radius 1 is 0.815 bits per heavy atom. The van der Waals surface area contributed by atoms with E-state index in [0.29, 0.717) is 29.2 Å². The quantitative estimate of drug-likeness (QED) is 0.659. The van der Waals surface area contributed by atoms with Gasteiger partial charge in [-0.3, -0.25) is 4.79 Å². The summed E-state index contributed by atoms with van der Waals surface area (Å²) in [5.41, 5.74) is 2.12. The fourth-order valence-electron chi connectivity index (χ4n) is 2.51. The van der Waals surface area contributed by atoms with Gasteiger partial charge in [0, 0.05) is 5.69 Å². The predicted molar refractivity (Wildman–Crippen MR) is 103 cm³/mol. The Labute approximate surface area is 157 Å². The minimum absolute atomic E-state index is 0.0757. The molecule has 0 aliphatic carbocycles. The van der Waals surface area contributed by atoms with Gasteiger partial charge in [0.25, 0.3) is 0 Å². The molecule has 0 radical (unpaired) electrons. The van der Waals surface area contributed by atoms with Crippen molar-refractivity contribution >= 4 is 17.6 Å². The number of ether oxygens (including phenoxy) is 2. The average Bonchev–Trinajstić information content (AvgIpc) is 2.70. The minimum atomic E-state index is -0.392. The van der Waals surface area contributed by atoms with Crippen LogP contribution >= 0.6 is 0 Å². The van der Waals surface area contributed by atoms with Crippen molar-refractivity contribution in [2.24, 2.45) is 0 Å². The molecule has 0 bridgehead atoms. The highest BCUT2D eigenvalue weighted by molar-refractivity contribution is 5.92. The Balaban J connectivity index is 1.57. The van der Waals surface area contributed by atoms with E-state index < -0.39 is 5.97 Å². The Morgan fingerprint density at radius 3 is 2.00 bits per heavy atom. The lowest BCUT2D eigenvalue weighted by Gasteiger charge is -2.09. The maximum atomic E-state index is 12.1. The zero-order chi connectivity index (χ0) is 19.1. The first kappa shape index (κ1) is 18.2. The van der Waals surface area contributed by atoms with Crippen molar-refractivity contribution in [1.82, 2.24) is 0 Å². The summed E-state index contributed by atoms with van der Waals surface area (Å²) in [6, 6.07) is 23.3. The van der Waals surface area contributed by atoms with Crippen LogP contribution in [0.1, 0.15) is 15.9 Å². The Morgan fingerprint density at radius 2 is 1.41 bits per heavy atom. The summed E-state index contributed by atoms with van der Waals surface area (Å²) < 4.78 is 10.4. The third-order valence-electron chi connectivity index (χ3n) is 3.86. The molecule has 0 saturated carbocycles. The molecule has 0 heterocycles. The van der Waals surface area contributed by atoms with Gasteiger partial charge in [-0.15, -0.1) is 0 Å². The van der Waals surface area contributed by atoms with E-state index in [1.165, 1.54) is 7.11 Å². The van der Waals surface area contributed by atoms with Crippen LogP contribution < -0.4 is 10.1 Å². The normalized spacial score (nSPS) is 10.1. The number of hydrogen-bond donors (Lipinski definition) is 1. The lowest BCUT2D eigenvalue weighted by Crippen LogP contribution is -2.14. The van der Waals surface area contributed by atoms with Crippen LogP contribution in [0.3, 0.4) is 0 Å². The number of carbonyl (C=O) groups excluding carboxylic acids is 2. The van der Waals surface area contributed by atoms with Crippen LogP contribution in [-0.2, 0) is 16.0 Å². The highest BCUT2D eigenvalue weighted by atomic mass is 16.5. The second-order valence-corrected chi connectivity index (χ2v) is 5.85. The van der Waals surface area contributed by atoms with Crippen LogP contribution in [-0.4, -0.2) is 19.0 Å². The van der Waals surface area contributed by atoms with Crippen LogP contribution in [0.15, 0.2) is 78.9 Å². The second kappa shape index (κ2) is 8.67. The molecule has 27 heavy (non-hydrogen) atoms. The average molecular weight is 361 g/mol. The molecule has 0 aliphatic heterocycles. The standard InChI is InChI=1S/C22H19NO4/c1-26-22(25)17-7-11-19(12-8-17)27-20-13-9-18(10-14-20)23-21(24)15-16-5-3-2-4-6-16/h2-14H,15H2,1H3,(H,23,24). The molecule has 0 saturated heterocycles. The van der Waals surface area contributed by atoms with E-state index in [4.69, 9.17) is 4.74 Å². The molecule has 5 nitrogen and oxygen atoms in total. The van der Waals surface area contributed by atoms with Gasteiger partial charge in [0.1, 0.15) is 11.5 Å². The summed E-state index contributed by atoms with van der Waals surface area (Å²) in [5.74, 6) is 0.760. The van der Waals surface area contributed by atoms with Crippen molar-refractivity contribution in [2.75, 3.05) is 12.4 Å². The van der Waals surface area contributed by atoms with Crippen LogP contribution in [0.2, 0.25) is 0 Å². The van der Waals surface area contributed by atoms with Crippen molar-refractivity contribution in [3.05, 3.63) is 90.0 Å². The maximum Gasteiger partial charge on any atom is 0.337 e. The first-order valence-electron chi connectivity index (χ1n) is 8.44. The molecule has 0 spiro atoms. The molecule has 1 N–H and O–H groups in total. The van der Waals surface area contributed by atoms with Gasteiger partial charge in [-0.2, -0.15) is 0 Å². The van der Waals surface area contributed by atoms with E-state index in [1.807, 2.05) is 30.3 Å². The van der Waals surface area contributed by atoms with Crippen molar-refractivity contribution in [3.63, 3.8) is 0 Å². The van der Waals surface area contributed by atoms with E-state index in [-0.39, 0.29) is 5.91 Å². The zero-order valence-corrected chi connectivity index (χ0v) is 14.8. The zero-order valence-electron chi connectivity index (χ0n) is 14.8. The molecule has 136 valence electrons. The van der Waals surface area contributed by atoms with E-state index in [2.05, 4.69) is 10.1 Å². The molecule has 3 aromatic carbocycles. The summed E-state index contributed by atoms with van der Waals surface area (Å²) in [6.07, 6.45) is 0.325. The van der Waals surface area contributed by atoms with Crippen LogP contribution in [0, 0.1) is 0 Å². The molecule has 0 atom stereocenters. The van der Waals surface area contributed by atoms with Crippen LogP contribution in [0.4, 0.5) is 5.69 Å². The van der Waals surface area contributed by atoms with Crippen molar-refractivity contribution in [1.29, 1.82) is 0 Å². The lowest BCUT2D eigenvalue weighted by atomic mass is 10.1. The number of benzene rings is 3. The molecule has 0 aromatic heterocycles. The van der Waals surface area contributed by atoms with Gasteiger partial charge in [-0.25, -0.2) is 4.79 Å². The van der Waals surface area contributed by atoms with Gasteiger partial charge < -0.3 is 14.8 Å². The third-order valence-corrected chi connectivity index (χ3v) is 3.86. The molecule has 0 aliphatic rings. The molecular weight excluding hydrogens is 342 g/mol. The summed E-state index contributed by atoms with van der Waals surface area (Å²) in [6.45, 7) is 0. The van der Waals surface area contributed by atoms with Crippen LogP contribution in [0.5, 0.6) is 11.5 Å². The van der Waals surface area contributed by atoms with Gasteiger partial charge in [-0.1, -0.05) is 30.3 Å². The number of carbonyl (C=O) groups is 2. The Hall–Kier alpha value is -3.60.